The Morgan fingerprint density at radius 1 is 0.414 bits per heavy atom. The largest absolute Gasteiger partial charge is 0.460 e. The van der Waals surface area contributed by atoms with Crippen molar-refractivity contribution in [2.45, 2.75) is 54.1 Å². The summed E-state index contributed by atoms with van der Waals surface area (Å²) in [4.78, 5) is 0. The fraction of sp³-hybridized carbons (Fsp3) is 0.900. The molecule has 0 amide bonds. The summed E-state index contributed by atoms with van der Waals surface area (Å²) in [5.74, 6) is -55.1. The quantitative estimate of drug-likeness (QED) is 0.333. The van der Waals surface area contributed by atoms with E-state index in [4.69, 9.17) is 0 Å². The highest BCUT2D eigenvalue weighted by Crippen LogP contribution is 2.62. The molecule has 29 heavy (non-hydrogen) atoms. The molecule has 0 atom stereocenters. The zero-order valence-corrected chi connectivity index (χ0v) is 12.4. The second-order valence-corrected chi connectivity index (χ2v) is 5.22. The van der Waals surface area contributed by atoms with E-state index >= 15 is 0 Å². The van der Waals surface area contributed by atoms with Gasteiger partial charge in [-0.05, 0) is 0 Å². The zero-order valence-electron chi connectivity index (χ0n) is 12.4. The van der Waals surface area contributed by atoms with Crippen LogP contribution in [0.1, 0.15) is 6.42 Å². The molecule has 0 aliphatic heterocycles. The molecule has 0 nitrogen and oxygen atoms in total. The summed E-state index contributed by atoms with van der Waals surface area (Å²) in [5.41, 5.74) is 0. The van der Waals surface area contributed by atoms with Crippen LogP contribution in [-0.2, 0) is 0 Å². The molecule has 0 saturated heterocycles. The van der Waals surface area contributed by atoms with Gasteiger partial charge in [0.1, 0.15) is 0 Å². The molecular weight excluding hydrogens is 481 g/mol. The van der Waals surface area contributed by atoms with E-state index in [9.17, 15) is 83.4 Å². The van der Waals surface area contributed by atoms with Gasteiger partial charge >= 0.3 is 54.1 Å². The molecule has 19 heteroatoms. The maximum atomic E-state index is 13.1. The van der Waals surface area contributed by atoms with Crippen LogP contribution in [0.2, 0.25) is 0 Å². The van der Waals surface area contributed by atoms with Crippen molar-refractivity contribution >= 4 is 0 Å². The smallest absolute Gasteiger partial charge is 0.199 e. The van der Waals surface area contributed by atoms with Crippen molar-refractivity contribution in [1.82, 2.24) is 0 Å². The molecule has 0 bridgehead atoms. The van der Waals surface area contributed by atoms with Gasteiger partial charge in [0.25, 0.3) is 0 Å². The van der Waals surface area contributed by atoms with Gasteiger partial charge in [-0.1, -0.05) is 0 Å². The lowest BCUT2D eigenvalue weighted by Gasteiger charge is -2.40. The lowest BCUT2D eigenvalue weighted by atomic mass is 9.90. The van der Waals surface area contributed by atoms with Gasteiger partial charge in [0, 0.05) is 0 Å². The normalized spacial score (nSPS) is 16.6. The average molecular weight is 483 g/mol. The lowest BCUT2D eigenvalue weighted by Crippen LogP contribution is -2.70. The summed E-state index contributed by atoms with van der Waals surface area (Å²) < 4.78 is 238. The summed E-state index contributed by atoms with van der Waals surface area (Å²) in [6, 6.07) is 0. The summed E-state index contributed by atoms with van der Waals surface area (Å²) in [6.07, 6.45) is -17.3. The third-order valence-corrected chi connectivity index (χ3v) is 3.14. The van der Waals surface area contributed by atoms with Crippen molar-refractivity contribution in [2.75, 3.05) is 0 Å². The number of hydrogen-bond acceptors (Lipinski definition) is 0. The van der Waals surface area contributed by atoms with Crippen molar-refractivity contribution in [3.05, 3.63) is 6.43 Å². The maximum Gasteiger partial charge on any atom is 0.460 e. The van der Waals surface area contributed by atoms with Crippen molar-refractivity contribution in [3.63, 3.8) is 0 Å². The molecule has 0 aromatic carbocycles. The predicted octanol–water partition coefficient (Wildman–Crippen LogP) is 6.81. The van der Waals surface area contributed by atoms with Crippen LogP contribution < -0.4 is 0 Å². The Balaban J connectivity index is 6.39. The molecule has 0 fully saturated rings. The van der Waals surface area contributed by atoms with Crippen molar-refractivity contribution in [2.24, 2.45) is 0 Å². The van der Waals surface area contributed by atoms with Crippen molar-refractivity contribution in [1.29, 1.82) is 0 Å². The predicted molar refractivity (Wildman–Crippen MR) is 50.8 cm³/mol. The molecule has 0 unspecified atom stereocenters. The Hall–Kier alpha value is -1.33. The number of hydrogen-bond donors (Lipinski definition) is 0. The van der Waals surface area contributed by atoms with E-state index in [-0.39, 0.29) is 0 Å². The lowest BCUT2D eigenvalue weighted by molar-refractivity contribution is -0.443. The number of rotatable bonds is 8. The van der Waals surface area contributed by atoms with Crippen LogP contribution in [0.4, 0.5) is 83.4 Å². The minimum absolute atomic E-state index is 4.73. The highest BCUT2D eigenvalue weighted by molar-refractivity contribution is 5.12. The second-order valence-electron chi connectivity index (χ2n) is 5.22. The first-order valence-corrected chi connectivity index (χ1v) is 6.05. The van der Waals surface area contributed by atoms with Crippen LogP contribution in [0.25, 0.3) is 0 Å². The third-order valence-electron chi connectivity index (χ3n) is 3.14. The molecule has 0 aromatic rings. The Morgan fingerprint density at radius 3 is 1.00 bits per heavy atom. The van der Waals surface area contributed by atoms with E-state index in [2.05, 4.69) is 0 Å². The van der Waals surface area contributed by atoms with Crippen LogP contribution >= 0.6 is 0 Å². The standard InChI is InChI=1S/C10H2F19/c11-2(12)5(17,18)3(13,14)1-4(15,16)6(19,20)7(21,22)8(23,24)9(25,26)10(27,28)29/h1H2. The first-order valence-electron chi connectivity index (χ1n) is 6.05. The van der Waals surface area contributed by atoms with Gasteiger partial charge in [0.05, 0.1) is 6.42 Å². The molecule has 0 aliphatic rings. The molecule has 0 spiro atoms. The summed E-state index contributed by atoms with van der Waals surface area (Å²) >= 11 is 0. The van der Waals surface area contributed by atoms with Crippen LogP contribution in [0.3, 0.4) is 0 Å². The average Bonchev–Trinajstić information content (AvgIpc) is 2.43. The van der Waals surface area contributed by atoms with E-state index in [1.54, 1.807) is 0 Å². The van der Waals surface area contributed by atoms with Gasteiger partial charge < -0.3 is 0 Å². The molecule has 1 radical (unpaired) electrons. The highest BCUT2D eigenvalue weighted by Gasteiger charge is 2.91. The van der Waals surface area contributed by atoms with E-state index in [0.717, 1.165) is 0 Å². The molecular formula is C10H2F19. The van der Waals surface area contributed by atoms with E-state index in [1.165, 1.54) is 0 Å². The Morgan fingerprint density at radius 2 is 0.724 bits per heavy atom. The monoisotopic (exact) mass is 483 g/mol. The second kappa shape index (κ2) is 6.84. The first kappa shape index (κ1) is 27.7. The fourth-order valence-corrected chi connectivity index (χ4v) is 1.44. The highest BCUT2D eigenvalue weighted by atomic mass is 19.4. The van der Waals surface area contributed by atoms with Crippen LogP contribution in [0.15, 0.2) is 0 Å². The SMILES string of the molecule is F[C](F)C(F)(F)C(F)(F)CC(F)(F)C(F)(F)C(F)(F)C(F)(F)C(F)(F)C(F)(F)F. The fourth-order valence-electron chi connectivity index (χ4n) is 1.44. The minimum Gasteiger partial charge on any atom is -0.199 e. The first-order chi connectivity index (χ1) is 12.2. The van der Waals surface area contributed by atoms with E-state index in [0.29, 0.717) is 0 Å². The van der Waals surface area contributed by atoms with Crippen molar-refractivity contribution < 1.29 is 83.4 Å². The van der Waals surface area contributed by atoms with E-state index < -0.39 is 60.5 Å². The molecule has 175 valence electrons. The number of alkyl halides is 17. The Kier molecular flexibility index (Phi) is 6.53. The molecule has 0 N–H and O–H groups in total. The van der Waals surface area contributed by atoms with Gasteiger partial charge in [-0.3, -0.25) is 0 Å². The Bertz CT molecular complexity index is 580. The van der Waals surface area contributed by atoms with Gasteiger partial charge in [0.2, 0.25) is 0 Å². The Labute approximate surface area is 145 Å². The topological polar surface area (TPSA) is 0 Å². The molecule has 0 aliphatic carbocycles. The minimum atomic E-state index is -8.51. The van der Waals surface area contributed by atoms with Gasteiger partial charge in [-0.15, -0.1) is 0 Å². The van der Waals surface area contributed by atoms with Crippen LogP contribution in [-0.4, -0.2) is 47.6 Å². The molecule has 0 heterocycles. The van der Waals surface area contributed by atoms with Gasteiger partial charge in [-0.25, -0.2) is 0 Å². The van der Waals surface area contributed by atoms with Gasteiger partial charge in [0.15, 0.2) is 0 Å². The molecule has 0 aromatic heterocycles. The number of halogens is 19. The maximum absolute atomic E-state index is 13.1. The summed E-state index contributed by atoms with van der Waals surface area (Å²) in [5, 5.41) is 0. The van der Waals surface area contributed by atoms with E-state index in [1.807, 2.05) is 0 Å². The van der Waals surface area contributed by atoms with Gasteiger partial charge in [-0.2, -0.15) is 83.4 Å². The zero-order chi connectivity index (χ0) is 24.3. The van der Waals surface area contributed by atoms with Crippen LogP contribution in [0, 0.1) is 6.43 Å². The van der Waals surface area contributed by atoms with Crippen LogP contribution in [0.5, 0.6) is 0 Å². The molecule has 0 saturated carbocycles. The third kappa shape index (κ3) is 3.88. The molecule has 0 rings (SSSR count). The summed E-state index contributed by atoms with van der Waals surface area (Å²) in [7, 11) is 0. The summed E-state index contributed by atoms with van der Waals surface area (Å²) in [6.45, 7) is 0. The van der Waals surface area contributed by atoms with Crippen molar-refractivity contribution in [3.8, 4) is 0 Å².